The molecule has 0 aliphatic carbocycles. The Balaban J connectivity index is 2.47. The summed E-state index contributed by atoms with van der Waals surface area (Å²) < 4.78 is 56.1. The quantitative estimate of drug-likeness (QED) is 0.773. The minimum atomic E-state index is -4.41. The van der Waals surface area contributed by atoms with Crippen LogP contribution in [0.5, 0.6) is 5.75 Å². The van der Waals surface area contributed by atoms with Gasteiger partial charge in [-0.2, -0.15) is 13.2 Å². The molecule has 1 aromatic carbocycles. The summed E-state index contributed by atoms with van der Waals surface area (Å²) in [7, 11) is 0. The number of ether oxygens (including phenoxy) is 3. The maximum absolute atomic E-state index is 13.0. The molecule has 3 nitrogen and oxygen atoms in total. The van der Waals surface area contributed by atoms with E-state index in [0.29, 0.717) is 37.6 Å². The highest BCUT2D eigenvalue weighted by molar-refractivity contribution is 5.41. The van der Waals surface area contributed by atoms with Crippen LogP contribution >= 0.6 is 0 Å². The van der Waals surface area contributed by atoms with Crippen LogP contribution in [0.15, 0.2) is 18.2 Å². The highest BCUT2D eigenvalue weighted by Gasteiger charge is 2.42. The van der Waals surface area contributed by atoms with Crippen molar-refractivity contribution in [3.63, 3.8) is 0 Å². The summed E-state index contributed by atoms with van der Waals surface area (Å²) in [6, 6.07) is 3.48. The van der Waals surface area contributed by atoms with Crippen molar-refractivity contribution >= 4 is 0 Å². The molecule has 0 N–H and O–H groups in total. The van der Waals surface area contributed by atoms with Crippen LogP contribution in [-0.4, -0.2) is 19.8 Å². The van der Waals surface area contributed by atoms with Gasteiger partial charge in [-0.15, -0.1) is 0 Å². The first-order chi connectivity index (χ1) is 10.4. The maximum Gasteiger partial charge on any atom is 0.416 e. The highest BCUT2D eigenvalue weighted by atomic mass is 19.4. The van der Waals surface area contributed by atoms with Crippen molar-refractivity contribution in [3.05, 3.63) is 29.3 Å². The van der Waals surface area contributed by atoms with Crippen LogP contribution in [-0.2, 0) is 21.4 Å². The lowest BCUT2D eigenvalue weighted by atomic mass is 9.97. The van der Waals surface area contributed by atoms with Crippen LogP contribution in [0.2, 0.25) is 0 Å². The van der Waals surface area contributed by atoms with Gasteiger partial charge >= 0.3 is 6.18 Å². The van der Waals surface area contributed by atoms with Gasteiger partial charge in [-0.3, -0.25) is 0 Å². The molecule has 0 aromatic heterocycles. The number of hydrogen-bond donors (Lipinski definition) is 0. The number of halogens is 3. The summed E-state index contributed by atoms with van der Waals surface area (Å²) in [5, 5.41) is 0. The van der Waals surface area contributed by atoms with Gasteiger partial charge in [0.15, 0.2) is 5.79 Å². The third-order valence-corrected chi connectivity index (χ3v) is 3.51. The average molecular weight is 318 g/mol. The second kappa shape index (κ2) is 6.87. The molecule has 0 saturated carbocycles. The third-order valence-electron chi connectivity index (χ3n) is 3.51. The normalized spacial score (nSPS) is 17.7. The Morgan fingerprint density at radius 2 is 1.82 bits per heavy atom. The molecule has 6 heteroatoms. The second-order valence-electron chi connectivity index (χ2n) is 5.26. The van der Waals surface area contributed by atoms with Crippen molar-refractivity contribution in [1.29, 1.82) is 0 Å². The standard InChI is InChI=1S/C16H21F3O3/c1-3-7-15(21-9-10-22-15)13-11-12(16(17,18)19)5-6-14(13)20-8-4-2/h5-6,11H,3-4,7-10H2,1-2H3. The van der Waals surface area contributed by atoms with Gasteiger partial charge < -0.3 is 14.2 Å². The van der Waals surface area contributed by atoms with E-state index >= 15 is 0 Å². The SMILES string of the molecule is CCCOc1ccc(C(F)(F)F)cc1C1(CCC)OCCO1. The van der Waals surface area contributed by atoms with Crippen LogP contribution in [0.4, 0.5) is 13.2 Å². The molecular weight excluding hydrogens is 297 g/mol. The van der Waals surface area contributed by atoms with E-state index in [2.05, 4.69) is 0 Å². The van der Waals surface area contributed by atoms with Crippen LogP contribution in [0.3, 0.4) is 0 Å². The first-order valence-corrected chi connectivity index (χ1v) is 7.55. The van der Waals surface area contributed by atoms with Gasteiger partial charge in [0.2, 0.25) is 0 Å². The van der Waals surface area contributed by atoms with Gasteiger partial charge in [0.25, 0.3) is 0 Å². The fourth-order valence-electron chi connectivity index (χ4n) is 2.56. The Morgan fingerprint density at radius 1 is 1.14 bits per heavy atom. The smallest absolute Gasteiger partial charge is 0.416 e. The molecular formula is C16H21F3O3. The Labute approximate surface area is 128 Å². The van der Waals surface area contributed by atoms with Gasteiger partial charge in [0.05, 0.1) is 30.9 Å². The molecule has 2 rings (SSSR count). The van der Waals surface area contributed by atoms with Crippen LogP contribution in [0.1, 0.15) is 44.2 Å². The van der Waals surface area contributed by atoms with Crippen molar-refractivity contribution < 1.29 is 27.4 Å². The molecule has 0 spiro atoms. The molecule has 22 heavy (non-hydrogen) atoms. The average Bonchev–Trinajstić information content (AvgIpc) is 2.94. The molecule has 1 aliphatic rings. The van der Waals surface area contributed by atoms with Gasteiger partial charge in [-0.05, 0) is 24.6 Å². The van der Waals surface area contributed by atoms with E-state index in [4.69, 9.17) is 14.2 Å². The van der Waals surface area contributed by atoms with Crippen molar-refractivity contribution in [2.45, 2.75) is 45.1 Å². The number of rotatable bonds is 6. The highest BCUT2D eigenvalue weighted by Crippen LogP contribution is 2.43. The van der Waals surface area contributed by atoms with Gasteiger partial charge in [0.1, 0.15) is 5.75 Å². The molecule has 124 valence electrons. The summed E-state index contributed by atoms with van der Waals surface area (Å²) in [6.45, 7) is 5.04. The lowest BCUT2D eigenvalue weighted by Gasteiger charge is -2.30. The molecule has 1 saturated heterocycles. The van der Waals surface area contributed by atoms with Crippen LogP contribution in [0, 0.1) is 0 Å². The summed E-state index contributed by atoms with van der Waals surface area (Å²) in [5.74, 6) is -0.746. The first-order valence-electron chi connectivity index (χ1n) is 7.55. The van der Waals surface area contributed by atoms with E-state index in [0.717, 1.165) is 25.0 Å². The Bertz CT molecular complexity index is 494. The zero-order valence-electron chi connectivity index (χ0n) is 12.8. The van der Waals surface area contributed by atoms with Crippen molar-refractivity contribution in [2.24, 2.45) is 0 Å². The van der Waals surface area contributed by atoms with Crippen LogP contribution in [0.25, 0.3) is 0 Å². The van der Waals surface area contributed by atoms with Gasteiger partial charge in [-0.1, -0.05) is 20.3 Å². The van der Waals surface area contributed by atoms with Crippen LogP contribution < -0.4 is 4.74 Å². The minimum absolute atomic E-state index is 0.329. The lowest BCUT2D eigenvalue weighted by molar-refractivity contribution is -0.172. The predicted octanol–water partition coefficient (Wildman–Crippen LogP) is 4.49. The zero-order valence-corrected chi connectivity index (χ0v) is 12.8. The van der Waals surface area contributed by atoms with E-state index in [1.807, 2.05) is 13.8 Å². The number of alkyl halides is 3. The predicted molar refractivity (Wildman–Crippen MR) is 75.7 cm³/mol. The van der Waals surface area contributed by atoms with E-state index < -0.39 is 17.5 Å². The summed E-state index contributed by atoms with van der Waals surface area (Å²) in [5.41, 5.74) is -0.393. The fraction of sp³-hybridized carbons (Fsp3) is 0.625. The van der Waals surface area contributed by atoms with E-state index in [1.165, 1.54) is 6.07 Å². The largest absolute Gasteiger partial charge is 0.493 e. The minimum Gasteiger partial charge on any atom is -0.493 e. The summed E-state index contributed by atoms with van der Waals surface area (Å²) in [6.07, 6.45) is -2.44. The monoisotopic (exact) mass is 318 g/mol. The second-order valence-corrected chi connectivity index (χ2v) is 5.26. The van der Waals surface area contributed by atoms with E-state index in [9.17, 15) is 13.2 Å². The zero-order chi connectivity index (χ0) is 16.2. The summed E-state index contributed by atoms with van der Waals surface area (Å²) >= 11 is 0. The molecule has 0 unspecified atom stereocenters. The Hall–Kier alpha value is -1.27. The number of hydrogen-bond acceptors (Lipinski definition) is 3. The molecule has 0 radical (unpaired) electrons. The van der Waals surface area contributed by atoms with E-state index in [1.54, 1.807) is 0 Å². The Morgan fingerprint density at radius 3 is 2.36 bits per heavy atom. The molecule has 1 heterocycles. The van der Waals surface area contributed by atoms with Gasteiger partial charge in [0, 0.05) is 6.42 Å². The van der Waals surface area contributed by atoms with Crippen molar-refractivity contribution in [1.82, 2.24) is 0 Å². The molecule has 0 amide bonds. The van der Waals surface area contributed by atoms with Crippen molar-refractivity contribution in [2.75, 3.05) is 19.8 Å². The maximum atomic E-state index is 13.0. The summed E-state index contributed by atoms with van der Waals surface area (Å²) in [4.78, 5) is 0. The molecule has 0 atom stereocenters. The molecule has 1 aliphatic heterocycles. The first kappa shape index (κ1) is 17.1. The fourth-order valence-corrected chi connectivity index (χ4v) is 2.56. The van der Waals surface area contributed by atoms with E-state index in [-0.39, 0.29) is 0 Å². The Kier molecular flexibility index (Phi) is 5.34. The van der Waals surface area contributed by atoms with Gasteiger partial charge in [-0.25, -0.2) is 0 Å². The molecule has 0 bridgehead atoms. The van der Waals surface area contributed by atoms with Crippen molar-refractivity contribution in [3.8, 4) is 5.75 Å². The third kappa shape index (κ3) is 3.55. The lowest BCUT2D eigenvalue weighted by Crippen LogP contribution is -2.28. The topological polar surface area (TPSA) is 27.7 Å². The number of benzene rings is 1. The molecule has 1 fully saturated rings. The molecule has 1 aromatic rings.